The van der Waals surface area contributed by atoms with E-state index in [9.17, 15) is 75.9 Å². The van der Waals surface area contributed by atoms with E-state index in [0.29, 0.717) is 62.8 Å². The molecule has 0 bridgehead atoms. The summed E-state index contributed by atoms with van der Waals surface area (Å²) in [6, 6.07) is -0.224. The highest BCUT2D eigenvalue weighted by atomic mass is 32.2. The molecule has 34 heteroatoms. The predicted molar refractivity (Wildman–Crippen MR) is 259 cm³/mol. The molecular formula is C35H86N4O22S4Si4. The van der Waals surface area contributed by atoms with Crippen molar-refractivity contribution in [2.45, 2.75) is 75.5 Å². The minimum Gasteiger partial charge on any atom is -0.748 e. The van der Waals surface area contributed by atoms with E-state index in [4.69, 9.17) is 21.5 Å². The SMILES string of the molecule is CO[Si](CCC[N+](C)(C)CCCS(=O)(=O)[O-])(OC)OC.C[N+](C)(CCC[Si](O)(O)O[Si](O)(CCC[N+](C)(C)CCCS(=O)(=O)[O-])O[Si](O)(O)CCC[N+](C)(C)CCCS(=O)(=O)[O-])CCCS(=O)(=O)[O-]. The number of hydrogen-bond acceptors (Lipinski definition) is 22. The van der Waals surface area contributed by atoms with Crippen LogP contribution in [0.5, 0.6) is 0 Å². The average molecular weight is 1160 g/mol. The molecule has 0 aliphatic heterocycles. The zero-order valence-corrected chi connectivity index (χ0v) is 49.8. The van der Waals surface area contributed by atoms with Crippen LogP contribution in [0, 0.1) is 0 Å². The number of nitrogens with zero attached hydrogens (tertiary/aromatic N) is 4. The third-order valence-corrected chi connectivity index (χ3v) is 25.4. The molecule has 26 nitrogen and oxygen atoms in total. The van der Waals surface area contributed by atoms with Gasteiger partial charge in [-0.05, 0) is 0 Å². The Morgan fingerprint density at radius 1 is 0.362 bits per heavy atom. The van der Waals surface area contributed by atoms with Crippen molar-refractivity contribution in [3.05, 3.63) is 0 Å². The highest BCUT2D eigenvalue weighted by molar-refractivity contribution is 7.86. The Bertz CT molecular complexity index is 1850. The van der Waals surface area contributed by atoms with Gasteiger partial charge in [-0.3, -0.25) is 0 Å². The summed E-state index contributed by atoms with van der Waals surface area (Å²) in [5, 5.41) is 0. The smallest absolute Gasteiger partial charge is 0.500 e. The molecule has 0 aromatic carbocycles. The predicted octanol–water partition coefficient (Wildman–Crippen LogP) is -2.73. The Morgan fingerprint density at radius 3 is 0.783 bits per heavy atom. The van der Waals surface area contributed by atoms with E-state index in [-0.39, 0.29) is 75.9 Å². The molecule has 69 heavy (non-hydrogen) atoms. The van der Waals surface area contributed by atoms with Crippen LogP contribution in [0.3, 0.4) is 0 Å². The molecule has 0 saturated carbocycles. The summed E-state index contributed by atoms with van der Waals surface area (Å²) in [7, 11) is -14.5. The van der Waals surface area contributed by atoms with Gasteiger partial charge in [-0.15, -0.1) is 0 Å². The summed E-state index contributed by atoms with van der Waals surface area (Å²) in [4.78, 5) is 54.8. The maximum Gasteiger partial charge on any atom is 0.500 e. The maximum absolute atomic E-state index is 11.5. The summed E-state index contributed by atoms with van der Waals surface area (Å²) in [6.45, 7) is 3.37. The van der Waals surface area contributed by atoms with Crippen LogP contribution in [0.15, 0.2) is 0 Å². The summed E-state index contributed by atoms with van der Waals surface area (Å²) in [6.07, 6.45) is 1.98. The van der Waals surface area contributed by atoms with Gasteiger partial charge >= 0.3 is 35.2 Å². The quantitative estimate of drug-likeness (QED) is 0.0237. The molecule has 0 aromatic rings. The van der Waals surface area contributed by atoms with E-state index in [1.165, 1.54) is 0 Å². The summed E-state index contributed by atoms with van der Waals surface area (Å²) < 4.78 is 158. The van der Waals surface area contributed by atoms with Gasteiger partial charge in [0.2, 0.25) is 0 Å². The van der Waals surface area contributed by atoms with Crippen molar-refractivity contribution in [1.82, 2.24) is 0 Å². The van der Waals surface area contributed by atoms with Crippen LogP contribution >= 0.6 is 0 Å². The van der Waals surface area contributed by atoms with Gasteiger partial charge in [-0.2, -0.15) is 0 Å². The van der Waals surface area contributed by atoms with Crippen LogP contribution < -0.4 is 0 Å². The lowest BCUT2D eigenvalue weighted by molar-refractivity contribution is -0.890. The van der Waals surface area contributed by atoms with Gasteiger partial charge in [0.05, 0.1) is 149 Å². The van der Waals surface area contributed by atoms with Crippen molar-refractivity contribution >= 4 is 75.7 Å². The Hall–Kier alpha value is -0.0525. The minimum atomic E-state index is -4.70. The summed E-state index contributed by atoms with van der Waals surface area (Å²) >= 11 is 0. The lowest BCUT2D eigenvalue weighted by Crippen LogP contribution is -2.61. The van der Waals surface area contributed by atoms with Crippen LogP contribution in [-0.2, 0) is 62.0 Å². The monoisotopic (exact) mass is 1150 g/mol. The first-order valence-electron chi connectivity index (χ1n) is 22.4. The van der Waals surface area contributed by atoms with Crippen LogP contribution in [0.25, 0.3) is 0 Å². The van der Waals surface area contributed by atoms with Gasteiger partial charge in [0.15, 0.2) is 0 Å². The molecule has 5 N–H and O–H groups in total. The molecular weight excluding hydrogens is 1070 g/mol. The van der Waals surface area contributed by atoms with Crippen molar-refractivity contribution in [2.24, 2.45) is 0 Å². The Labute approximate surface area is 417 Å². The zero-order chi connectivity index (χ0) is 54.5. The number of rotatable bonds is 39. The molecule has 0 aliphatic rings. The molecule has 0 spiro atoms. The molecule has 0 atom stereocenters. The third kappa shape index (κ3) is 41.0. The van der Waals surface area contributed by atoms with Gasteiger partial charge in [0.1, 0.15) is 0 Å². The van der Waals surface area contributed by atoms with Gasteiger partial charge in [-0.1, -0.05) is 0 Å². The van der Waals surface area contributed by atoms with Crippen LogP contribution in [0.1, 0.15) is 51.4 Å². The second-order valence-corrected chi connectivity index (χ2v) is 36.8. The molecule has 0 aliphatic carbocycles. The largest absolute Gasteiger partial charge is 0.748 e. The molecule has 0 amide bonds. The van der Waals surface area contributed by atoms with Crippen LogP contribution in [-0.4, -0.2) is 282 Å². The van der Waals surface area contributed by atoms with E-state index in [1.807, 2.05) is 14.1 Å². The Balaban J connectivity index is 0. The van der Waals surface area contributed by atoms with Gasteiger partial charge < -0.3 is 81.6 Å². The van der Waals surface area contributed by atoms with Crippen molar-refractivity contribution in [3.8, 4) is 0 Å². The van der Waals surface area contributed by atoms with E-state index in [1.54, 1.807) is 63.6 Å². The fraction of sp³-hybridized carbons (Fsp3) is 1.00. The first-order valence-corrected chi connectivity index (χ1v) is 36.7. The van der Waals surface area contributed by atoms with E-state index in [0.717, 1.165) is 13.0 Å². The van der Waals surface area contributed by atoms with Gasteiger partial charge in [0, 0.05) is 120 Å². The Kier molecular flexibility index (Phi) is 30.8. The van der Waals surface area contributed by atoms with E-state index in [2.05, 4.69) is 0 Å². The second-order valence-electron chi connectivity index (χ2n) is 20.1. The standard InChI is InChI=1S/C24H59N3O16S3Si3.C11H27NO6SSi/c1-25(2,13-7-19-44(28,29)30)16-10-22-47(37,38)42-49(41,24-12-18-27(5,6)15-9-21-46(34,35)36)43-48(39,40)23-11-17-26(3,4)14-8-20-45(31,32)33;1-12(2,8-6-10-19(13,14)15)9-7-11-20(16-3,17-4)18-5/h37-41H,7-24H2,1-6H3;6-11H2,1-5H3. The lowest BCUT2D eigenvalue weighted by Gasteiger charge is -2.36. The molecule has 0 radical (unpaired) electrons. The Morgan fingerprint density at radius 2 is 0.565 bits per heavy atom. The molecule has 0 unspecified atom stereocenters. The van der Waals surface area contributed by atoms with Gasteiger partial charge in [-0.25, -0.2) is 33.7 Å². The van der Waals surface area contributed by atoms with Crippen molar-refractivity contribution in [1.29, 1.82) is 0 Å². The zero-order valence-electron chi connectivity index (χ0n) is 42.6. The molecule has 0 fully saturated rings. The third-order valence-electron chi connectivity index (χ3n) is 11.2. The van der Waals surface area contributed by atoms with Crippen LogP contribution in [0.4, 0.5) is 0 Å². The molecule has 0 heterocycles. The highest BCUT2D eigenvalue weighted by Gasteiger charge is 2.53. The summed E-state index contributed by atoms with van der Waals surface area (Å²) in [5.74, 6) is -1.92. The molecule has 418 valence electrons. The number of quaternary nitrogens is 4. The average Bonchev–Trinajstić information content (AvgIpc) is 3.10. The maximum atomic E-state index is 11.5. The fourth-order valence-corrected chi connectivity index (χ4v) is 19.1. The highest BCUT2D eigenvalue weighted by Crippen LogP contribution is 2.26. The van der Waals surface area contributed by atoms with Gasteiger partial charge in [0.25, 0.3) is 0 Å². The number of hydrogen-bond donors (Lipinski definition) is 5. The van der Waals surface area contributed by atoms with E-state index >= 15 is 0 Å². The van der Waals surface area contributed by atoms with E-state index < -0.39 is 92.9 Å². The normalized spacial score (nSPS) is 14.5. The topological polar surface area (TPSA) is 376 Å². The lowest BCUT2D eigenvalue weighted by atomic mass is 10.3. The molecule has 0 rings (SSSR count). The molecule has 0 aromatic heterocycles. The summed E-state index contributed by atoms with van der Waals surface area (Å²) in [5.41, 5.74) is 0. The van der Waals surface area contributed by atoms with Crippen molar-refractivity contribution < 1.29 is 115 Å². The fourth-order valence-electron chi connectivity index (χ4n) is 7.35. The second kappa shape index (κ2) is 29.9. The molecule has 0 saturated heterocycles. The van der Waals surface area contributed by atoms with Crippen LogP contribution in [0.2, 0.25) is 24.2 Å². The van der Waals surface area contributed by atoms with Crippen molar-refractivity contribution in [2.75, 3.05) is 153 Å². The first-order chi connectivity index (χ1) is 30.8. The first kappa shape index (κ1) is 71.0. The van der Waals surface area contributed by atoms with Crippen molar-refractivity contribution in [3.63, 3.8) is 0 Å². The minimum absolute atomic E-state index is 0.0866.